The van der Waals surface area contributed by atoms with Crippen LogP contribution >= 0.6 is 22.9 Å². The zero-order valence-corrected chi connectivity index (χ0v) is 24.0. The van der Waals surface area contributed by atoms with Crippen molar-refractivity contribution in [3.8, 4) is 16.2 Å². The van der Waals surface area contributed by atoms with Crippen LogP contribution in [0.25, 0.3) is 10.4 Å². The molecule has 1 aliphatic rings. The van der Waals surface area contributed by atoms with Gasteiger partial charge in [-0.15, -0.1) is 11.3 Å². The number of anilines is 1. The molecule has 1 aromatic heterocycles. The maximum Gasteiger partial charge on any atom is 0.352 e. The molecule has 0 unspecified atom stereocenters. The molecule has 2 N–H and O–H groups in total. The molecule has 1 saturated heterocycles. The van der Waals surface area contributed by atoms with E-state index in [9.17, 15) is 18.3 Å². The Hall–Kier alpha value is -3.37. The second-order valence-corrected chi connectivity index (χ2v) is 13.0. The first-order valence-corrected chi connectivity index (χ1v) is 15.7. The number of benzene rings is 3. The van der Waals surface area contributed by atoms with Crippen LogP contribution < -0.4 is 5.32 Å². The van der Waals surface area contributed by atoms with Gasteiger partial charge in [-0.25, -0.2) is 17.5 Å². The van der Waals surface area contributed by atoms with Gasteiger partial charge < -0.3 is 15.2 Å². The zero-order valence-electron chi connectivity index (χ0n) is 21.6. The third kappa shape index (κ3) is 6.67. The summed E-state index contributed by atoms with van der Waals surface area (Å²) in [5, 5.41) is 14.2. The van der Waals surface area contributed by atoms with Crippen LogP contribution in [0.1, 0.15) is 33.6 Å². The topological polar surface area (TPSA) is 95.9 Å². The summed E-state index contributed by atoms with van der Waals surface area (Å²) in [5.41, 5.74) is 3.22. The van der Waals surface area contributed by atoms with Crippen molar-refractivity contribution < 1.29 is 23.1 Å². The molecule has 0 atom stereocenters. The molecule has 208 valence electrons. The Morgan fingerprint density at radius 2 is 1.62 bits per heavy atom. The molecule has 3 aromatic carbocycles. The molecule has 10 heteroatoms. The summed E-state index contributed by atoms with van der Waals surface area (Å²) < 4.78 is 32.7. The molecule has 0 radical (unpaired) electrons. The van der Waals surface area contributed by atoms with E-state index < -0.39 is 16.0 Å². The Kier molecular flexibility index (Phi) is 8.75. The first-order chi connectivity index (χ1) is 19.3. The average molecular weight is 597 g/mol. The standard InChI is InChI=1S/C30H29ClN2O5S2/c31-26-27(34)29(30(35)38-19-21-8-3-1-4-9-21)39-28(26)23-12-7-13-25(18-23)32-24-14-16-33(17-15-24)40(36,37)20-22-10-5-2-6-11-22/h1-13,18,24,32,34H,14-17,19-20H2. The van der Waals surface area contributed by atoms with Crippen molar-refractivity contribution in [1.29, 1.82) is 0 Å². The van der Waals surface area contributed by atoms with E-state index >= 15 is 0 Å². The monoisotopic (exact) mass is 596 g/mol. The molecule has 40 heavy (non-hydrogen) atoms. The molecule has 0 bridgehead atoms. The van der Waals surface area contributed by atoms with Crippen molar-refractivity contribution in [1.82, 2.24) is 4.31 Å². The van der Waals surface area contributed by atoms with Crippen molar-refractivity contribution in [2.75, 3.05) is 18.4 Å². The Morgan fingerprint density at radius 3 is 2.30 bits per heavy atom. The number of sulfonamides is 1. The molecule has 0 spiro atoms. The van der Waals surface area contributed by atoms with Gasteiger partial charge in [0.15, 0.2) is 10.6 Å². The number of aromatic hydroxyl groups is 1. The summed E-state index contributed by atoms with van der Waals surface area (Å²) in [6.07, 6.45) is 1.35. The average Bonchev–Trinajstić information content (AvgIpc) is 3.27. The number of carbonyl (C=O) groups is 1. The molecule has 0 saturated carbocycles. The summed E-state index contributed by atoms with van der Waals surface area (Å²) in [6.45, 7) is 0.993. The van der Waals surface area contributed by atoms with Crippen LogP contribution in [0.4, 0.5) is 5.69 Å². The number of ether oxygens (including phenoxy) is 1. The molecule has 2 heterocycles. The van der Waals surface area contributed by atoms with Gasteiger partial charge in [-0.2, -0.15) is 0 Å². The van der Waals surface area contributed by atoms with E-state index in [1.165, 1.54) is 0 Å². The summed E-state index contributed by atoms with van der Waals surface area (Å²) >= 11 is 7.52. The van der Waals surface area contributed by atoms with Crippen molar-refractivity contribution in [3.05, 3.63) is 106 Å². The normalized spacial score (nSPS) is 14.6. The Labute approximate surface area is 243 Å². The lowest BCUT2D eigenvalue weighted by Gasteiger charge is -2.32. The number of carbonyl (C=O) groups excluding carboxylic acids is 1. The van der Waals surface area contributed by atoms with Crippen LogP contribution in [-0.2, 0) is 27.1 Å². The summed E-state index contributed by atoms with van der Waals surface area (Å²) in [4.78, 5) is 13.3. The van der Waals surface area contributed by atoms with Crippen LogP contribution in [0.2, 0.25) is 5.02 Å². The summed E-state index contributed by atoms with van der Waals surface area (Å²) in [5.74, 6) is -0.922. The second kappa shape index (κ2) is 12.4. The van der Waals surface area contributed by atoms with Gasteiger partial charge in [0.1, 0.15) is 11.6 Å². The number of nitrogens with zero attached hydrogens (tertiary/aromatic N) is 1. The highest BCUT2D eigenvalue weighted by molar-refractivity contribution is 7.88. The Balaban J connectivity index is 1.21. The first kappa shape index (κ1) is 28.2. The molecule has 0 aliphatic carbocycles. The van der Waals surface area contributed by atoms with Gasteiger partial charge in [0.05, 0.1) is 10.6 Å². The highest BCUT2D eigenvalue weighted by atomic mass is 35.5. The molecule has 7 nitrogen and oxygen atoms in total. The molecule has 5 rings (SSSR count). The van der Waals surface area contributed by atoms with Crippen molar-refractivity contribution >= 4 is 44.6 Å². The van der Waals surface area contributed by atoms with Crippen molar-refractivity contribution in [2.45, 2.75) is 31.2 Å². The molecular weight excluding hydrogens is 568 g/mol. The second-order valence-electron chi connectivity index (χ2n) is 9.62. The minimum atomic E-state index is -3.38. The van der Waals surface area contributed by atoms with E-state index in [0.29, 0.717) is 30.8 Å². The predicted molar refractivity (Wildman–Crippen MR) is 159 cm³/mol. The van der Waals surface area contributed by atoms with E-state index in [1.807, 2.05) is 84.9 Å². The quantitative estimate of drug-likeness (QED) is 0.213. The molecule has 4 aromatic rings. The zero-order chi connectivity index (χ0) is 28.1. The molecule has 1 fully saturated rings. The van der Waals surface area contributed by atoms with Crippen LogP contribution in [0.15, 0.2) is 84.9 Å². The number of rotatable bonds is 9. The van der Waals surface area contributed by atoms with Gasteiger partial charge in [-0.05, 0) is 41.7 Å². The van der Waals surface area contributed by atoms with Gasteiger partial charge >= 0.3 is 5.97 Å². The number of halogens is 1. The lowest BCUT2D eigenvalue weighted by Crippen LogP contribution is -2.42. The molecular formula is C30H29ClN2O5S2. The van der Waals surface area contributed by atoms with E-state index in [-0.39, 0.29) is 34.1 Å². The first-order valence-electron chi connectivity index (χ1n) is 12.9. The maximum atomic E-state index is 12.9. The lowest BCUT2D eigenvalue weighted by atomic mass is 10.1. The predicted octanol–water partition coefficient (Wildman–Crippen LogP) is 6.54. The van der Waals surface area contributed by atoms with Crippen molar-refractivity contribution in [3.63, 3.8) is 0 Å². The fraction of sp³-hybridized carbons (Fsp3) is 0.233. The largest absolute Gasteiger partial charge is 0.505 e. The lowest BCUT2D eigenvalue weighted by molar-refractivity contribution is 0.0475. The minimum Gasteiger partial charge on any atom is -0.505 e. The van der Waals surface area contributed by atoms with Gasteiger partial charge in [0, 0.05) is 24.8 Å². The highest BCUT2D eigenvalue weighted by Gasteiger charge is 2.28. The third-order valence-electron chi connectivity index (χ3n) is 6.76. The van der Waals surface area contributed by atoms with Gasteiger partial charge in [-0.3, -0.25) is 0 Å². The molecule has 0 amide bonds. The Morgan fingerprint density at radius 1 is 0.975 bits per heavy atom. The maximum absolute atomic E-state index is 12.9. The number of hydrogen-bond donors (Lipinski definition) is 2. The summed E-state index contributed by atoms with van der Waals surface area (Å²) in [6, 6.07) is 26.2. The van der Waals surface area contributed by atoms with E-state index in [0.717, 1.165) is 33.7 Å². The van der Waals surface area contributed by atoms with Gasteiger partial charge in [0.2, 0.25) is 10.0 Å². The highest BCUT2D eigenvalue weighted by Crippen LogP contribution is 2.45. The van der Waals surface area contributed by atoms with Crippen LogP contribution in [-0.4, -0.2) is 42.9 Å². The molecule has 1 aliphatic heterocycles. The van der Waals surface area contributed by atoms with Crippen LogP contribution in [0.3, 0.4) is 0 Å². The summed E-state index contributed by atoms with van der Waals surface area (Å²) in [7, 11) is -3.38. The van der Waals surface area contributed by atoms with E-state index in [4.69, 9.17) is 16.3 Å². The van der Waals surface area contributed by atoms with Crippen molar-refractivity contribution in [2.24, 2.45) is 0 Å². The number of thiophene rings is 1. The van der Waals surface area contributed by atoms with Crippen LogP contribution in [0, 0.1) is 0 Å². The van der Waals surface area contributed by atoms with Gasteiger partial charge in [-0.1, -0.05) is 84.4 Å². The SMILES string of the molecule is O=C(OCc1ccccc1)c1sc(-c2cccc(NC3CCN(S(=O)(=O)Cc4ccccc4)CC3)c2)c(Cl)c1O. The fourth-order valence-corrected chi connectivity index (χ4v) is 7.57. The minimum absolute atomic E-state index is 0.00415. The fourth-order valence-electron chi connectivity index (χ4n) is 4.66. The number of hydrogen-bond acceptors (Lipinski definition) is 7. The number of esters is 1. The van der Waals surface area contributed by atoms with E-state index in [1.54, 1.807) is 4.31 Å². The van der Waals surface area contributed by atoms with Gasteiger partial charge in [0.25, 0.3) is 0 Å². The van der Waals surface area contributed by atoms with E-state index in [2.05, 4.69) is 5.32 Å². The third-order valence-corrected chi connectivity index (χ3v) is 10.3. The number of piperidine rings is 1. The number of nitrogens with one attached hydrogen (secondary N) is 1. The smallest absolute Gasteiger partial charge is 0.352 e. The Bertz CT molecular complexity index is 1570. The van der Waals surface area contributed by atoms with Crippen LogP contribution in [0.5, 0.6) is 5.75 Å².